The Morgan fingerprint density at radius 2 is 1.82 bits per heavy atom. The van der Waals surface area contributed by atoms with Crippen molar-refractivity contribution in [1.29, 1.82) is 0 Å². The Bertz CT molecular complexity index is 1660. The molecule has 0 saturated carbocycles. The van der Waals surface area contributed by atoms with Crippen molar-refractivity contribution in [2.45, 2.75) is 39.8 Å². The van der Waals surface area contributed by atoms with Crippen LogP contribution in [0.15, 0.2) is 51.4 Å². The summed E-state index contributed by atoms with van der Waals surface area (Å²) in [5.41, 5.74) is 1.70. The van der Waals surface area contributed by atoms with Crippen molar-refractivity contribution in [3.05, 3.63) is 77.4 Å². The van der Waals surface area contributed by atoms with Gasteiger partial charge < -0.3 is 23.7 Å². The molecule has 0 N–H and O–H groups in total. The van der Waals surface area contributed by atoms with E-state index in [-0.39, 0.29) is 23.8 Å². The zero-order chi connectivity index (χ0) is 29.1. The van der Waals surface area contributed by atoms with Crippen molar-refractivity contribution in [3.63, 3.8) is 0 Å². The highest BCUT2D eigenvalue weighted by atomic mass is 35.5. The van der Waals surface area contributed by atoms with Gasteiger partial charge in [0, 0.05) is 0 Å². The van der Waals surface area contributed by atoms with Crippen molar-refractivity contribution in [3.8, 4) is 23.0 Å². The highest BCUT2D eigenvalue weighted by Gasteiger charge is 2.34. The van der Waals surface area contributed by atoms with Crippen LogP contribution in [0, 0.1) is 0 Å². The topological polar surface area (TPSA) is 97.6 Å². The summed E-state index contributed by atoms with van der Waals surface area (Å²) in [6.07, 6.45) is 1.64. The summed E-state index contributed by atoms with van der Waals surface area (Å²) >= 11 is 7.60. The number of nitrogens with zero attached hydrogens (tertiary/aromatic N) is 2. The Hall–Kier alpha value is -3.76. The number of benzene rings is 2. The van der Waals surface area contributed by atoms with E-state index in [0.29, 0.717) is 54.2 Å². The molecule has 9 nitrogen and oxygen atoms in total. The number of aromatic nitrogens is 1. The van der Waals surface area contributed by atoms with E-state index < -0.39 is 12.0 Å². The van der Waals surface area contributed by atoms with Gasteiger partial charge in [0.25, 0.3) is 5.56 Å². The molecule has 0 bridgehead atoms. The summed E-state index contributed by atoms with van der Waals surface area (Å²) in [4.78, 5) is 32.2. The van der Waals surface area contributed by atoms with E-state index in [2.05, 4.69) is 4.99 Å². The van der Waals surface area contributed by atoms with Gasteiger partial charge in [-0.1, -0.05) is 29.0 Å². The lowest BCUT2D eigenvalue weighted by atomic mass is 9.95. The number of carbonyl (C=O) groups is 1. The third-order valence-corrected chi connectivity index (χ3v) is 7.40. The minimum atomic E-state index is -0.798. The van der Waals surface area contributed by atoms with E-state index in [4.69, 9.17) is 35.3 Å². The van der Waals surface area contributed by atoms with E-state index in [1.807, 2.05) is 19.9 Å². The molecule has 0 radical (unpaired) electrons. The van der Waals surface area contributed by atoms with E-state index in [1.165, 1.54) is 30.1 Å². The number of halogens is 1. The van der Waals surface area contributed by atoms with Gasteiger partial charge in [-0.3, -0.25) is 9.36 Å². The number of ether oxygens (including phenoxy) is 5. The quantitative estimate of drug-likeness (QED) is 0.346. The van der Waals surface area contributed by atoms with E-state index in [1.54, 1.807) is 51.3 Å². The number of allylic oxidation sites excluding steroid dienone is 1. The van der Waals surface area contributed by atoms with Crippen LogP contribution >= 0.6 is 22.9 Å². The Kier molecular flexibility index (Phi) is 8.90. The molecule has 4 rings (SSSR count). The summed E-state index contributed by atoms with van der Waals surface area (Å²) in [6, 6.07) is 7.97. The maximum Gasteiger partial charge on any atom is 0.338 e. The Morgan fingerprint density at radius 1 is 1.10 bits per heavy atom. The zero-order valence-electron chi connectivity index (χ0n) is 23.4. The average molecular weight is 587 g/mol. The number of carbonyl (C=O) groups excluding carboxylic acids is 1. The minimum absolute atomic E-state index is 0.0697. The van der Waals surface area contributed by atoms with Gasteiger partial charge in [0.2, 0.25) is 0 Å². The minimum Gasteiger partial charge on any atom is -0.493 e. The fourth-order valence-corrected chi connectivity index (χ4v) is 5.83. The van der Waals surface area contributed by atoms with Gasteiger partial charge in [-0.2, -0.15) is 0 Å². The number of hydrogen-bond donors (Lipinski definition) is 0. The van der Waals surface area contributed by atoms with Gasteiger partial charge in [-0.15, -0.1) is 0 Å². The third-order valence-electron chi connectivity index (χ3n) is 6.14. The fourth-order valence-electron chi connectivity index (χ4n) is 4.49. The smallest absolute Gasteiger partial charge is 0.338 e. The second-order valence-corrected chi connectivity index (χ2v) is 10.5. The number of rotatable bonds is 9. The zero-order valence-corrected chi connectivity index (χ0v) is 24.9. The van der Waals surface area contributed by atoms with E-state index in [0.717, 1.165) is 0 Å². The van der Waals surface area contributed by atoms with Crippen LogP contribution in [-0.2, 0) is 9.53 Å². The molecule has 1 aromatic heterocycles. The van der Waals surface area contributed by atoms with Gasteiger partial charge in [0.05, 0.1) is 60.9 Å². The average Bonchev–Trinajstić information content (AvgIpc) is 3.21. The molecule has 0 spiro atoms. The van der Waals surface area contributed by atoms with Crippen LogP contribution in [-0.4, -0.2) is 44.6 Å². The van der Waals surface area contributed by atoms with Gasteiger partial charge in [-0.05, 0) is 69.2 Å². The number of esters is 1. The highest BCUT2D eigenvalue weighted by Crippen LogP contribution is 2.37. The standard InChI is InChI=1S/C29H31ClN2O7S/c1-8-38-28(34)24-16(4)31-29-32(25(24)18-9-10-20(39-15(2)3)21(14-18)35-5)27(33)23(40-29)13-17-11-19(30)26(37-7)22(12-17)36-6/h9-15,25H,8H2,1-7H3/b23-13-/t25-/m0/s1. The summed E-state index contributed by atoms with van der Waals surface area (Å²) in [5.74, 6) is 1.32. The maximum atomic E-state index is 13.9. The fraction of sp³-hybridized carbons (Fsp3) is 0.345. The van der Waals surface area contributed by atoms with Crippen LogP contribution in [0.2, 0.25) is 5.02 Å². The predicted octanol–water partition coefficient (Wildman–Crippen LogP) is 4.26. The van der Waals surface area contributed by atoms with Crippen molar-refractivity contribution >= 4 is 35.0 Å². The van der Waals surface area contributed by atoms with E-state index >= 15 is 0 Å². The molecule has 0 aliphatic carbocycles. The predicted molar refractivity (Wildman–Crippen MR) is 154 cm³/mol. The second kappa shape index (κ2) is 12.2. The lowest BCUT2D eigenvalue weighted by Gasteiger charge is -2.25. The molecule has 11 heteroatoms. The third kappa shape index (κ3) is 5.59. The molecular formula is C29H31ClN2O7S. The van der Waals surface area contributed by atoms with Gasteiger partial charge in [-0.25, -0.2) is 9.79 Å². The monoisotopic (exact) mass is 586 g/mol. The van der Waals surface area contributed by atoms with Crippen molar-refractivity contribution in [1.82, 2.24) is 4.57 Å². The summed E-state index contributed by atoms with van der Waals surface area (Å²) in [6.45, 7) is 7.48. The van der Waals surface area contributed by atoms with Crippen LogP contribution in [0.4, 0.5) is 0 Å². The largest absolute Gasteiger partial charge is 0.493 e. The molecule has 0 unspecified atom stereocenters. The first-order chi connectivity index (χ1) is 19.1. The van der Waals surface area contributed by atoms with Gasteiger partial charge in [0.1, 0.15) is 0 Å². The summed E-state index contributed by atoms with van der Waals surface area (Å²) < 4.78 is 29.5. The molecule has 0 amide bonds. The van der Waals surface area contributed by atoms with Crippen LogP contribution in [0.5, 0.6) is 23.0 Å². The van der Waals surface area contributed by atoms with E-state index in [9.17, 15) is 9.59 Å². The molecule has 0 fully saturated rings. The molecule has 40 heavy (non-hydrogen) atoms. The molecular weight excluding hydrogens is 556 g/mol. The summed E-state index contributed by atoms with van der Waals surface area (Å²) in [7, 11) is 4.55. The normalized spacial score (nSPS) is 15.0. The molecule has 1 aliphatic rings. The highest BCUT2D eigenvalue weighted by molar-refractivity contribution is 7.07. The first-order valence-electron chi connectivity index (χ1n) is 12.6. The molecule has 1 atom stereocenters. The molecule has 2 aromatic carbocycles. The molecule has 2 heterocycles. The number of fused-ring (bicyclic) bond motifs is 1. The first-order valence-corrected chi connectivity index (χ1v) is 13.8. The lowest BCUT2D eigenvalue weighted by molar-refractivity contribution is -0.139. The van der Waals surface area contributed by atoms with Crippen molar-refractivity contribution < 1.29 is 28.5 Å². The molecule has 212 valence electrons. The molecule has 3 aromatic rings. The number of thiazole rings is 1. The SMILES string of the molecule is CCOC(=O)C1=C(C)N=c2s/c(=C\c3cc(Cl)c(OC)c(OC)c3)c(=O)n2[C@H]1c1ccc(OC(C)C)c(OC)c1. The first kappa shape index (κ1) is 29.2. The Morgan fingerprint density at radius 3 is 2.45 bits per heavy atom. The van der Waals surface area contributed by atoms with Crippen LogP contribution in [0.1, 0.15) is 44.9 Å². The van der Waals surface area contributed by atoms with Crippen molar-refractivity contribution in [2.24, 2.45) is 4.99 Å². The maximum absolute atomic E-state index is 13.9. The van der Waals surface area contributed by atoms with Crippen LogP contribution < -0.4 is 33.8 Å². The van der Waals surface area contributed by atoms with Crippen LogP contribution in [0.3, 0.4) is 0 Å². The van der Waals surface area contributed by atoms with Crippen molar-refractivity contribution in [2.75, 3.05) is 27.9 Å². The molecule has 0 saturated heterocycles. The molecule has 1 aliphatic heterocycles. The number of methoxy groups -OCH3 is 3. The Balaban J connectivity index is 1.95. The lowest BCUT2D eigenvalue weighted by Crippen LogP contribution is -2.40. The summed E-state index contributed by atoms with van der Waals surface area (Å²) in [5, 5.41) is 0.343. The van der Waals surface area contributed by atoms with Gasteiger partial charge in [0.15, 0.2) is 27.8 Å². The Labute approximate surface area is 240 Å². The number of hydrogen-bond acceptors (Lipinski definition) is 9. The second-order valence-electron chi connectivity index (χ2n) is 9.12. The van der Waals surface area contributed by atoms with Crippen LogP contribution in [0.25, 0.3) is 6.08 Å². The van der Waals surface area contributed by atoms with Gasteiger partial charge >= 0.3 is 5.97 Å².